The highest BCUT2D eigenvalue weighted by Crippen LogP contribution is 2.23. The number of nitrogens with one attached hydrogen (secondary N) is 1. The first kappa shape index (κ1) is 16.8. The van der Waals surface area contributed by atoms with Crippen LogP contribution in [0.2, 0.25) is 0 Å². The summed E-state index contributed by atoms with van der Waals surface area (Å²) < 4.78 is 7.13. The van der Waals surface area contributed by atoms with Crippen molar-refractivity contribution >= 4 is 5.91 Å². The molecule has 3 aromatic rings. The Kier molecular flexibility index (Phi) is 5.14. The fourth-order valence-electron chi connectivity index (χ4n) is 2.74. The van der Waals surface area contributed by atoms with Crippen molar-refractivity contribution in [2.75, 3.05) is 7.11 Å². The number of imidazole rings is 1. The Hall–Kier alpha value is -3.08. The van der Waals surface area contributed by atoms with E-state index in [1.807, 2.05) is 72.4 Å². The first-order valence-electron chi connectivity index (χ1n) is 8.12. The monoisotopic (exact) mass is 335 g/mol. The van der Waals surface area contributed by atoms with Gasteiger partial charge in [0.1, 0.15) is 17.6 Å². The van der Waals surface area contributed by atoms with Crippen molar-refractivity contribution < 1.29 is 9.53 Å². The molecular weight excluding hydrogens is 314 g/mol. The van der Waals surface area contributed by atoms with Crippen LogP contribution in [0, 0.1) is 0 Å². The van der Waals surface area contributed by atoms with Crippen LogP contribution in [0.4, 0.5) is 0 Å². The Balaban J connectivity index is 1.83. The molecule has 0 saturated carbocycles. The zero-order valence-corrected chi connectivity index (χ0v) is 14.3. The lowest BCUT2D eigenvalue weighted by Gasteiger charge is -2.19. The smallest absolute Gasteiger partial charge is 0.225 e. The van der Waals surface area contributed by atoms with Crippen molar-refractivity contribution in [3.63, 3.8) is 0 Å². The molecule has 0 aliphatic heterocycles. The number of benzene rings is 2. The molecule has 25 heavy (non-hydrogen) atoms. The van der Waals surface area contributed by atoms with Crippen LogP contribution in [0.15, 0.2) is 67.0 Å². The van der Waals surface area contributed by atoms with Gasteiger partial charge in [-0.1, -0.05) is 42.5 Å². The molecule has 0 radical (unpaired) electrons. The molecule has 0 spiro atoms. The van der Waals surface area contributed by atoms with Crippen molar-refractivity contribution in [3.05, 3.63) is 83.9 Å². The topological polar surface area (TPSA) is 56.1 Å². The van der Waals surface area contributed by atoms with Gasteiger partial charge in [0.05, 0.1) is 13.5 Å². The average Bonchev–Trinajstić information content (AvgIpc) is 3.06. The Morgan fingerprint density at radius 2 is 1.88 bits per heavy atom. The number of hydrogen-bond acceptors (Lipinski definition) is 3. The Bertz CT molecular complexity index is 826. The van der Waals surface area contributed by atoms with E-state index >= 15 is 0 Å². The second-order valence-corrected chi connectivity index (χ2v) is 5.83. The van der Waals surface area contributed by atoms with Gasteiger partial charge in [-0.25, -0.2) is 4.98 Å². The van der Waals surface area contributed by atoms with Crippen LogP contribution in [0.5, 0.6) is 5.75 Å². The predicted octanol–water partition coefficient (Wildman–Crippen LogP) is 2.88. The normalized spacial score (nSPS) is 11.8. The van der Waals surface area contributed by atoms with Crippen LogP contribution < -0.4 is 10.1 Å². The number of amides is 1. The summed E-state index contributed by atoms with van der Waals surface area (Å²) in [5.41, 5.74) is 1.94. The van der Waals surface area contributed by atoms with Crippen LogP contribution in [0.3, 0.4) is 0 Å². The minimum atomic E-state index is -0.317. The third kappa shape index (κ3) is 4.07. The molecule has 5 heteroatoms. The van der Waals surface area contributed by atoms with Crippen LogP contribution >= 0.6 is 0 Å². The number of hydrogen-bond donors (Lipinski definition) is 1. The van der Waals surface area contributed by atoms with Crippen molar-refractivity contribution in [1.29, 1.82) is 0 Å². The van der Waals surface area contributed by atoms with Gasteiger partial charge in [0.15, 0.2) is 0 Å². The van der Waals surface area contributed by atoms with Gasteiger partial charge in [-0.15, -0.1) is 0 Å². The highest BCUT2D eigenvalue weighted by molar-refractivity contribution is 5.79. The average molecular weight is 335 g/mol. The number of ether oxygens (including phenoxy) is 1. The molecule has 5 nitrogen and oxygen atoms in total. The molecule has 0 aliphatic carbocycles. The maximum atomic E-state index is 12.6. The van der Waals surface area contributed by atoms with Gasteiger partial charge in [-0.05, 0) is 23.3 Å². The SMILES string of the molecule is COc1ccc([C@H](NC(=O)Cc2ccccc2)c2nccn2C)cc1. The van der Waals surface area contributed by atoms with Gasteiger partial charge in [0.2, 0.25) is 5.91 Å². The van der Waals surface area contributed by atoms with E-state index in [1.54, 1.807) is 13.3 Å². The molecule has 0 aliphatic rings. The summed E-state index contributed by atoms with van der Waals surface area (Å²) in [6.07, 6.45) is 3.93. The fraction of sp³-hybridized carbons (Fsp3) is 0.200. The van der Waals surface area contributed by atoms with E-state index < -0.39 is 0 Å². The van der Waals surface area contributed by atoms with E-state index in [0.717, 1.165) is 22.7 Å². The fourth-order valence-corrected chi connectivity index (χ4v) is 2.74. The zero-order valence-electron chi connectivity index (χ0n) is 14.3. The van der Waals surface area contributed by atoms with Crippen molar-refractivity contribution in [3.8, 4) is 5.75 Å². The van der Waals surface area contributed by atoms with E-state index in [1.165, 1.54) is 0 Å². The van der Waals surface area contributed by atoms with Gasteiger partial charge in [0, 0.05) is 19.4 Å². The summed E-state index contributed by atoms with van der Waals surface area (Å²) in [7, 11) is 3.55. The molecular formula is C20H21N3O2. The maximum Gasteiger partial charge on any atom is 0.225 e. The third-order valence-corrected chi connectivity index (χ3v) is 4.08. The molecule has 128 valence electrons. The molecule has 1 amide bonds. The van der Waals surface area contributed by atoms with E-state index in [-0.39, 0.29) is 11.9 Å². The summed E-state index contributed by atoms with van der Waals surface area (Å²) in [4.78, 5) is 17.0. The van der Waals surface area contributed by atoms with E-state index in [4.69, 9.17) is 4.74 Å². The molecule has 1 heterocycles. The minimum Gasteiger partial charge on any atom is -0.497 e. The second kappa shape index (κ2) is 7.66. The number of carbonyl (C=O) groups excluding carboxylic acids is 1. The second-order valence-electron chi connectivity index (χ2n) is 5.83. The molecule has 1 N–H and O–H groups in total. The lowest BCUT2D eigenvalue weighted by molar-refractivity contribution is -0.121. The first-order chi connectivity index (χ1) is 12.2. The summed E-state index contributed by atoms with van der Waals surface area (Å²) in [6, 6.07) is 17.0. The van der Waals surface area contributed by atoms with Crippen LogP contribution in [0.25, 0.3) is 0 Å². The van der Waals surface area contributed by atoms with E-state index in [9.17, 15) is 4.79 Å². The molecule has 3 rings (SSSR count). The zero-order chi connectivity index (χ0) is 17.6. The molecule has 1 atom stereocenters. The number of nitrogens with zero attached hydrogens (tertiary/aromatic N) is 2. The number of rotatable bonds is 6. The molecule has 0 bridgehead atoms. The van der Waals surface area contributed by atoms with E-state index in [2.05, 4.69) is 10.3 Å². The minimum absolute atomic E-state index is 0.0463. The Labute approximate surface area is 147 Å². The van der Waals surface area contributed by atoms with Crippen molar-refractivity contribution in [2.45, 2.75) is 12.5 Å². The van der Waals surface area contributed by atoms with Crippen molar-refractivity contribution in [1.82, 2.24) is 14.9 Å². The highest BCUT2D eigenvalue weighted by atomic mass is 16.5. The molecule has 1 aromatic heterocycles. The lowest BCUT2D eigenvalue weighted by atomic mass is 10.0. The first-order valence-corrected chi connectivity index (χ1v) is 8.12. The lowest BCUT2D eigenvalue weighted by Crippen LogP contribution is -2.32. The van der Waals surface area contributed by atoms with Gasteiger partial charge < -0.3 is 14.6 Å². The predicted molar refractivity (Wildman–Crippen MR) is 96.3 cm³/mol. The number of aromatic nitrogens is 2. The Morgan fingerprint density at radius 3 is 2.48 bits per heavy atom. The van der Waals surface area contributed by atoms with Crippen molar-refractivity contribution in [2.24, 2.45) is 7.05 Å². The van der Waals surface area contributed by atoms with Gasteiger partial charge in [-0.2, -0.15) is 0 Å². The van der Waals surface area contributed by atoms with Crippen LogP contribution in [0.1, 0.15) is 23.0 Å². The largest absolute Gasteiger partial charge is 0.497 e. The standard InChI is InChI=1S/C20H21N3O2/c1-23-13-12-21-20(23)19(16-8-10-17(25-2)11-9-16)22-18(24)14-15-6-4-3-5-7-15/h3-13,19H,14H2,1-2H3,(H,22,24)/t19-/m0/s1. The van der Waals surface area contributed by atoms with Crippen LogP contribution in [-0.4, -0.2) is 22.6 Å². The van der Waals surface area contributed by atoms with Crippen LogP contribution in [-0.2, 0) is 18.3 Å². The highest BCUT2D eigenvalue weighted by Gasteiger charge is 2.20. The summed E-state index contributed by atoms with van der Waals surface area (Å²) in [5, 5.41) is 3.10. The third-order valence-electron chi connectivity index (χ3n) is 4.08. The summed E-state index contributed by atoms with van der Waals surface area (Å²) >= 11 is 0. The van der Waals surface area contributed by atoms with Gasteiger partial charge in [-0.3, -0.25) is 4.79 Å². The number of carbonyl (C=O) groups is 1. The number of methoxy groups -OCH3 is 1. The maximum absolute atomic E-state index is 12.6. The Morgan fingerprint density at radius 1 is 1.16 bits per heavy atom. The quantitative estimate of drug-likeness (QED) is 0.753. The van der Waals surface area contributed by atoms with E-state index in [0.29, 0.717) is 6.42 Å². The summed E-state index contributed by atoms with van der Waals surface area (Å²) in [5.74, 6) is 1.51. The molecule has 0 fully saturated rings. The molecule has 0 saturated heterocycles. The summed E-state index contributed by atoms with van der Waals surface area (Å²) in [6.45, 7) is 0. The molecule has 2 aromatic carbocycles. The van der Waals surface area contributed by atoms with Gasteiger partial charge in [0.25, 0.3) is 0 Å². The molecule has 0 unspecified atom stereocenters. The number of aryl methyl sites for hydroxylation is 1. The van der Waals surface area contributed by atoms with Gasteiger partial charge >= 0.3 is 0 Å².